The first kappa shape index (κ1) is 22.9. The van der Waals surface area contributed by atoms with E-state index in [0.29, 0.717) is 19.6 Å². The molecule has 0 heterocycles. The summed E-state index contributed by atoms with van der Waals surface area (Å²) >= 11 is 0. The van der Waals surface area contributed by atoms with Gasteiger partial charge in [-0.1, -0.05) is 62.9 Å². The van der Waals surface area contributed by atoms with E-state index in [4.69, 9.17) is 9.47 Å². The Morgan fingerprint density at radius 1 is 0.880 bits per heavy atom. The lowest BCUT2D eigenvalue weighted by atomic mass is 10.1. The van der Waals surface area contributed by atoms with Gasteiger partial charge in [-0.05, 0) is 31.9 Å². The second-order valence-corrected chi connectivity index (χ2v) is 5.47. The van der Waals surface area contributed by atoms with Gasteiger partial charge in [0.05, 0.1) is 13.2 Å². The molecule has 4 heteroatoms. The SMILES string of the molecule is CCCCCCCC(=O)OCC.CCOC(=O)/C=C/c1ccccc1. The van der Waals surface area contributed by atoms with Crippen molar-refractivity contribution in [2.45, 2.75) is 59.3 Å². The Hall–Kier alpha value is -2.10. The van der Waals surface area contributed by atoms with Gasteiger partial charge in [0.25, 0.3) is 0 Å². The Morgan fingerprint density at radius 3 is 2.12 bits per heavy atom. The largest absolute Gasteiger partial charge is 0.466 e. The second kappa shape index (κ2) is 16.7. The van der Waals surface area contributed by atoms with Crippen LogP contribution in [0.15, 0.2) is 36.4 Å². The Morgan fingerprint density at radius 2 is 1.52 bits per heavy atom. The number of carbonyl (C=O) groups excluding carboxylic acids is 2. The maximum atomic E-state index is 10.9. The van der Waals surface area contributed by atoms with Crippen LogP contribution in [0.2, 0.25) is 0 Å². The van der Waals surface area contributed by atoms with E-state index in [1.54, 1.807) is 13.0 Å². The topological polar surface area (TPSA) is 52.6 Å². The highest BCUT2D eigenvalue weighted by atomic mass is 16.5. The molecule has 0 bridgehead atoms. The van der Waals surface area contributed by atoms with Gasteiger partial charge in [0.1, 0.15) is 0 Å². The summed E-state index contributed by atoms with van der Waals surface area (Å²) in [6.07, 6.45) is 9.68. The van der Waals surface area contributed by atoms with E-state index in [0.717, 1.165) is 18.4 Å². The molecule has 0 aliphatic rings. The zero-order valence-electron chi connectivity index (χ0n) is 15.8. The first-order chi connectivity index (χ1) is 12.1. The lowest BCUT2D eigenvalue weighted by Gasteiger charge is -2.00. The van der Waals surface area contributed by atoms with Crippen LogP contribution in [-0.2, 0) is 19.1 Å². The quantitative estimate of drug-likeness (QED) is 0.332. The predicted molar refractivity (Wildman–Crippen MR) is 102 cm³/mol. The molecule has 0 amide bonds. The van der Waals surface area contributed by atoms with E-state index in [1.165, 1.54) is 25.3 Å². The van der Waals surface area contributed by atoms with Crippen LogP contribution in [0, 0.1) is 0 Å². The number of rotatable bonds is 10. The Balaban J connectivity index is 0.000000463. The van der Waals surface area contributed by atoms with Gasteiger partial charge >= 0.3 is 11.9 Å². The van der Waals surface area contributed by atoms with Crippen LogP contribution in [0.1, 0.15) is 64.9 Å². The third-order valence-corrected chi connectivity index (χ3v) is 3.29. The average Bonchev–Trinajstić information content (AvgIpc) is 2.62. The zero-order valence-corrected chi connectivity index (χ0v) is 15.8. The molecule has 4 nitrogen and oxygen atoms in total. The lowest BCUT2D eigenvalue weighted by Crippen LogP contribution is -2.02. The molecule has 0 fully saturated rings. The Kier molecular flexibility index (Phi) is 15.3. The molecule has 0 radical (unpaired) electrons. The van der Waals surface area contributed by atoms with E-state index < -0.39 is 0 Å². The molecule has 140 valence electrons. The fourth-order valence-corrected chi connectivity index (χ4v) is 2.02. The molecule has 0 saturated carbocycles. The van der Waals surface area contributed by atoms with Gasteiger partial charge in [-0.2, -0.15) is 0 Å². The first-order valence-corrected chi connectivity index (χ1v) is 9.19. The molecule has 0 unspecified atom stereocenters. The minimum Gasteiger partial charge on any atom is -0.466 e. The molecular weight excluding hydrogens is 316 g/mol. The average molecular weight is 348 g/mol. The van der Waals surface area contributed by atoms with E-state index in [2.05, 4.69) is 6.92 Å². The number of hydrogen-bond acceptors (Lipinski definition) is 4. The normalized spacial score (nSPS) is 10.0. The summed E-state index contributed by atoms with van der Waals surface area (Å²) in [5, 5.41) is 0. The van der Waals surface area contributed by atoms with Gasteiger partial charge in [0.15, 0.2) is 0 Å². The summed E-state index contributed by atoms with van der Waals surface area (Å²) in [7, 11) is 0. The van der Waals surface area contributed by atoms with Crippen LogP contribution in [-0.4, -0.2) is 25.2 Å². The fourth-order valence-electron chi connectivity index (χ4n) is 2.02. The molecule has 0 saturated heterocycles. The second-order valence-electron chi connectivity index (χ2n) is 5.47. The van der Waals surface area contributed by atoms with Crippen LogP contribution >= 0.6 is 0 Å². The van der Waals surface area contributed by atoms with Crippen molar-refractivity contribution in [1.29, 1.82) is 0 Å². The smallest absolute Gasteiger partial charge is 0.330 e. The fraction of sp³-hybridized carbons (Fsp3) is 0.524. The number of esters is 2. The molecular formula is C21H32O4. The van der Waals surface area contributed by atoms with E-state index in [-0.39, 0.29) is 11.9 Å². The van der Waals surface area contributed by atoms with Crippen LogP contribution in [0.4, 0.5) is 0 Å². The molecule has 1 aromatic carbocycles. The summed E-state index contributed by atoms with van der Waals surface area (Å²) in [6, 6.07) is 9.63. The van der Waals surface area contributed by atoms with Crippen molar-refractivity contribution in [2.75, 3.05) is 13.2 Å². The van der Waals surface area contributed by atoms with Gasteiger partial charge < -0.3 is 9.47 Å². The highest BCUT2D eigenvalue weighted by molar-refractivity contribution is 5.86. The third-order valence-electron chi connectivity index (χ3n) is 3.29. The molecule has 0 aliphatic heterocycles. The van der Waals surface area contributed by atoms with Gasteiger partial charge in [-0.3, -0.25) is 4.79 Å². The van der Waals surface area contributed by atoms with Gasteiger partial charge in [-0.25, -0.2) is 4.79 Å². The Bertz CT molecular complexity index is 480. The predicted octanol–water partition coefficient (Wildman–Crippen LogP) is 5.17. The van der Waals surface area contributed by atoms with Crippen LogP contribution in [0.3, 0.4) is 0 Å². The van der Waals surface area contributed by atoms with Crippen molar-refractivity contribution in [3.63, 3.8) is 0 Å². The van der Waals surface area contributed by atoms with Gasteiger partial charge in [-0.15, -0.1) is 0 Å². The van der Waals surface area contributed by atoms with E-state index in [1.807, 2.05) is 37.3 Å². The number of carbonyl (C=O) groups is 2. The number of unbranched alkanes of at least 4 members (excludes halogenated alkanes) is 4. The van der Waals surface area contributed by atoms with Crippen molar-refractivity contribution in [2.24, 2.45) is 0 Å². The van der Waals surface area contributed by atoms with E-state index in [9.17, 15) is 9.59 Å². The maximum Gasteiger partial charge on any atom is 0.330 e. The van der Waals surface area contributed by atoms with Crippen LogP contribution in [0.25, 0.3) is 6.08 Å². The van der Waals surface area contributed by atoms with Crippen molar-refractivity contribution in [3.05, 3.63) is 42.0 Å². The molecule has 0 atom stereocenters. The monoisotopic (exact) mass is 348 g/mol. The third kappa shape index (κ3) is 15.2. The molecule has 1 rings (SSSR count). The molecule has 0 aromatic heterocycles. The van der Waals surface area contributed by atoms with Crippen molar-refractivity contribution in [1.82, 2.24) is 0 Å². The summed E-state index contributed by atoms with van der Waals surface area (Å²) in [4.78, 5) is 21.8. The van der Waals surface area contributed by atoms with Gasteiger partial charge in [0, 0.05) is 12.5 Å². The molecule has 0 N–H and O–H groups in total. The molecule has 1 aromatic rings. The summed E-state index contributed by atoms with van der Waals surface area (Å²) in [5.41, 5.74) is 0.996. The molecule has 0 aliphatic carbocycles. The number of ether oxygens (including phenoxy) is 2. The molecule has 25 heavy (non-hydrogen) atoms. The highest BCUT2D eigenvalue weighted by Crippen LogP contribution is 2.05. The minimum absolute atomic E-state index is 0.0472. The highest BCUT2D eigenvalue weighted by Gasteiger charge is 1.99. The Labute approximate surface area is 152 Å². The van der Waals surface area contributed by atoms with E-state index >= 15 is 0 Å². The maximum absolute atomic E-state index is 10.9. The standard InChI is InChI=1S/C11H12O2.C10H20O2/c1-2-13-11(12)9-8-10-6-4-3-5-7-10;1-3-5-6-7-8-9-10(11)12-4-2/h3-9H,2H2,1H3;3-9H2,1-2H3/b9-8+;. The van der Waals surface area contributed by atoms with Crippen molar-refractivity contribution >= 4 is 18.0 Å². The minimum atomic E-state index is -0.300. The summed E-state index contributed by atoms with van der Waals surface area (Å²) in [5.74, 6) is -0.347. The van der Waals surface area contributed by atoms with Gasteiger partial charge in [0.2, 0.25) is 0 Å². The number of benzene rings is 1. The first-order valence-electron chi connectivity index (χ1n) is 9.19. The van der Waals surface area contributed by atoms with Crippen LogP contribution < -0.4 is 0 Å². The zero-order chi connectivity index (χ0) is 18.8. The lowest BCUT2D eigenvalue weighted by molar-refractivity contribution is -0.143. The molecule has 0 spiro atoms. The summed E-state index contributed by atoms with van der Waals surface area (Å²) < 4.78 is 9.55. The van der Waals surface area contributed by atoms with Crippen molar-refractivity contribution in [3.8, 4) is 0 Å². The van der Waals surface area contributed by atoms with Crippen molar-refractivity contribution < 1.29 is 19.1 Å². The van der Waals surface area contributed by atoms with Crippen LogP contribution in [0.5, 0.6) is 0 Å². The summed E-state index contributed by atoms with van der Waals surface area (Å²) in [6.45, 7) is 6.74. The number of hydrogen-bond donors (Lipinski definition) is 0.